The number of thiophene rings is 1. The molecule has 2 aromatic heterocycles. The van der Waals surface area contributed by atoms with E-state index in [4.69, 9.17) is 0 Å². The Balaban J connectivity index is 1.80. The lowest BCUT2D eigenvalue weighted by Gasteiger charge is -2.07. The molecule has 1 amide bonds. The zero-order valence-corrected chi connectivity index (χ0v) is 14.6. The van der Waals surface area contributed by atoms with Gasteiger partial charge in [0.25, 0.3) is 5.91 Å². The monoisotopic (exact) mass is 346 g/mol. The van der Waals surface area contributed by atoms with Gasteiger partial charge in [0, 0.05) is 15.8 Å². The van der Waals surface area contributed by atoms with Crippen LogP contribution in [0.1, 0.15) is 15.9 Å². The molecule has 0 aliphatic heterocycles. The van der Waals surface area contributed by atoms with Gasteiger partial charge in [0.1, 0.15) is 0 Å². The number of nitrogens with one attached hydrogen (secondary N) is 1. The lowest BCUT2D eigenvalue weighted by atomic mass is 10.1. The highest BCUT2D eigenvalue weighted by Crippen LogP contribution is 2.28. The fourth-order valence-electron chi connectivity index (χ4n) is 2.01. The molecular formula is C16H14N2OS3. The smallest absolute Gasteiger partial charge is 0.257 e. The van der Waals surface area contributed by atoms with Crippen LogP contribution in [-0.2, 0) is 0 Å². The van der Waals surface area contributed by atoms with Crippen molar-refractivity contribution in [1.82, 2.24) is 4.98 Å². The lowest BCUT2D eigenvalue weighted by molar-refractivity contribution is 0.102. The van der Waals surface area contributed by atoms with E-state index in [2.05, 4.69) is 10.3 Å². The summed E-state index contributed by atoms with van der Waals surface area (Å²) in [4.78, 5) is 19.1. The predicted octanol–water partition coefficient (Wildman–Crippen LogP) is 5.15. The first-order valence-corrected chi connectivity index (χ1v) is 9.61. The van der Waals surface area contributed by atoms with Gasteiger partial charge in [-0.2, -0.15) is 0 Å². The molecule has 22 heavy (non-hydrogen) atoms. The number of amides is 1. The van der Waals surface area contributed by atoms with E-state index in [-0.39, 0.29) is 5.91 Å². The predicted molar refractivity (Wildman–Crippen MR) is 96.3 cm³/mol. The van der Waals surface area contributed by atoms with E-state index in [1.165, 1.54) is 11.3 Å². The minimum absolute atomic E-state index is 0.111. The Bertz CT molecular complexity index is 794. The zero-order chi connectivity index (χ0) is 15.5. The summed E-state index contributed by atoms with van der Waals surface area (Å²) < 4.78 is 0. The molecule has 0 saturated heterocycles. The Hall–Kier alpha value is -1.63. The van der Waals surface area contributed by atoms with E-state index in [9.17, 15) is 4.79 Å². The second kappa shape index (κ2) is 6.64. The Morgan fingerprint density at radius 3 is 2.86 bits per heavy atom. The average molecular weight is 347 g/mol. The molecule has 2 heterocycles. The van der Waals surface area contributed by atoms with Crippen molar-refractivity contribution in [2.24, 2.45) is 0 Å². The summed E-state index contributed by atoms with van der Waals surface area (Å²) in [5.41, 5.74) is 2.56. The first kappa shape index (κ1) is 15.3. The van der Waals surface area contributed by atoms with E-state index in [1.807, 2.05) is 54.3 Å². The summed E-state index contributed by atoms with van der Waals surface area (Å²) in [6, 6.07) is 9.93. The molecule has 1 N–H and O–H groups in total. The van der Waals surface area contributed by atoms with Crippen molar-refractivity contribution in [3.8, 4) is 10.6 Å². The fourth-order valence-corrected chi connectivity index (χ4v) is 3.91. The summed E-state index contributed by atoms with van der Waals surface area (Å²) in [5.74, 6) is -0.111. The summed E-state index contributed by atoms with van der Waals surface area (Å²) in [6.45, 7) is 1.94. The highest BCUT2D eigenvalue weighted by Gasteiger charge is 2.13. The molecule has 0 atom stereocenters. The van der Waals surface area contributed by atoms with E-state index in [0.29, 0.717) is 10.7 Å². The molecule has 0 radical (unpaired) electrons. The van der Waals surface area contributed by atoms with Crippen molar-refractivity contribution < 1.29 is 4.79 Å². The molecule has 112 valence electrons. The number of nitrogens with zero attached hydrogens (tertiary/aromatic N) is 1. The highest BCUT2D eigenvalue weighted by atomic mass is 32.2. The van der Waals surface area contributed by atoms with Gasteiger partial charge in [0.15, 0.2) is 5.13 Å². The lowest BCUT2D eigenvalue weighted by Crippen LogP contribution is -2.13. The molecule has 6 heteroatoms. The van der Waals surface area contributed by atoms with Gasteiger partial charge in [-0.05, 0) is 42.3 Å². The third kappa shape index (κ3) is 3.24. The van der Waals surface area contributed by atoms with Gasteiger partial charge in [-0.25, -0.2) is 4.98 Å². The first-order valence-electron chi connectivity index (χ1n) is 6.63. The number of aromatic nitrogens is 1. The van der Waals surface area contributed by atoms with Gasteiger partial charge >= 0.3 is 0 Å². The van der Waals surface area contributed by atoms with Crippen molar-refractivity contribution in [2.75, 3.05) is 11.6 Å². The van der Waals surface area contributed by atoms with Crippen LogP contribution in [-0.4, -0.2) is 17.1 Å². The third-order valence-electron chi connectivity index (χ3n) is 3.19. The molecule has 0 aliphatic carbocycles. The van der Waals surface area contributed by atoms with Gasteiger partial charge in [-0.1, -0.05) is 12.1 Å². The van der Waals surface area contributed by atoms with Gasteiger partial charge in [-0.15, -0.1) is 34.4 Å². The number of anilines is 1. The van der Waals surface area contributed by atoms with Crippen molar-refractivity contribution in [3.63, 3.8) is 0 Å². The Morgan fingerprint density at radius 1 is 1.27 bits per heavy atom. The molecule has 3 nitrogen and oxygen atoms in total. The normalized spacial score (nSPS) is 10.6. The zero-order valence-electron chi connectivity index (χ0n) is 12.1. The molecule has 0 unspecified atom stereocenters. The molecule has 3 rings (SSSR count). The van der Waals surface area contributed by atoms with Crippen molar-refractivity contribution in [1.29, 1.82) is 0 Å². The maximum Gasteiger partial charge on any atom is 0.257 e. The number of thioether (sulfide) groups is 1. The summed E-state index contributed by atoms with van der Waals surface area (Å²) in [6.07, 6.45) is 2.00. The molecule has 0 fully saturated rings. The first-order chi connectivity index (χ1) is 10.7. The van der Waals surface area contributed by atoms with Crippen molar-refractivity contribution in [3.05, 3.63) is 52.2 Å². The van der Waals surface area contributed by atoms with Crippen LogP contribution in [0.15, 0.2) is 46.0 Å². The number of aryl methyl sites for hydroxylation is 1. The van der Waals surface area contributed by atoms with Crippen LogP contribution in [0.4, 0.5) is 5.13 Å². The van der Waals surface area contributed by atoms with Crippen LogP contribution in [0.2, 0.25) is 0 Å². The number of hydrogen-bond acceptors (Lipinski definition) is 5. The molecule has 1 aromatic carbocycles. The number of hydrogen-bond donors (Lipinski definition) is 1. The van der Waals surface area contributed by atoms with Crippen LogP contribution < -0.4 is 5.32 Å². The largest absolute Gasteiger partial charge is 0.298 e. The number of thiazole rings is 1. The number of benzene rings is 1. The third-order valence-corrected chi connectivity index (χ3v) is 5.56. The number of rotatable bonds is 4. The van der Waals surface area contributed by atoms with Crippen LogP contribution in [0.3, 0.4) is 0 Å². The van der Waals surface area contributed by atoms with E-state index >= 15 is 0 Å². The van der Waals surface area contributed by atoms with Gasteiger partial charge in [0.05, 0.1) is 10.6 Å². The van der Waals surface area contributed by atoms with Gasteiger partial charge in [0.2, 0.25) is 0 Å². The van der Waals surface area contributed by atoms with Crippen LogP contribution in [0.25, 0.3) is 10.6 Å². The second-order valence-electron chi connectivity index (χ2n) is 4.65. The van der Waals surface area contributed by atoms with Gasteiger partial charge < -0.3 is 0 Å². The average Bonchev–Trinajstić information content (AvgIpc) is 3.18. The standard InChI is InChI=1S/C16H14N2OS3/c1-10-5-6-11(20-2)8-12(10)15(19)18-16-17-13(9-22-16)14-4-3-7-21-14/h3-9H,1-2H3,(H,17,18,19). The summed E-state index contributed by atoms with van der Waals surface area (Å²) in [5, 5.41) is 7.51. The SMILES string of the molecule is CSc1ccc(C)c(C(=O)Nc2nc(-c3cccs3)cs2)c1. The number of carbonyl (C=O) groups is 1. The Kier molecular flexibility index (Phi) is 4.61. The van der Waals surface area contributed by atoms with E-state index in [1.54, 1.807) is 23.1 Å². The second-order valence-corrected chi connectivity index (χ2v) is 7.34. The van der Waals surface area contributed by atoms with Crippen molar-refractivity contribution >= 4 is 45.5 Å². The Labute approximate surface area is 141 Å². The van der Waals surface area contributed by atoms with Crippen LogP contribution >= 0.6 is 34.4 Å². The molecule has 0 bridgehead atoms. The maximum absolute atomic E-state index is 12.4. The molecule has 0 spiro atoms. The fraction of sp³-hybridized carbons (Fsp3) is 0.125. The summed E-state index contributed by atoms with van der Waals surface area (Å²) in [7, 11) is 0. The quantitative estimate of drug-likeness (QED) is 0.664. The van der Waals surface area contributed by atoms with Gasteiger partial charge in [-0.3, -0.25) is 10.1 Å². The Morgan fingerprint density at radius 2 is 2.14 bits per heavy atom. The topological polar surface area (TPSA) is 42.0 Å². The minimum Gasteiger partial charge on any atom is -0.298 e. The van der Waals surface area contributed by atoms with E-state index < -0.39 is 0 Å². The minimum atomic E-state index is -0.111. The number of carbonyl (C=O) groups excluding carboxylic acids is 1. The summed E-state index contributed by atoms with van der Waals surface area (Å²) >= 11 is 4.71. The highest BCUT2D eigenvalue weighted by molar-refractivity contribution is 7.98. The van der Waals surface area contributed by atoms with Crippen LogP contribution in [0.5, 0.6) is 0 Å². The van der Waals surface area contributed by atoms with Crippen molar-refractivity contribution in [2.45, 2.75) is 11.8 Å². The molecular weight excluding hydrogens is 332 g/mol. The molecule has 0 aliphatic rings. The molecule has 0 saturated carbocycles. The maximum atomic E-state index is 12.4. The van der Waals surface area contributed by atoms with E-state index in [0.717, 1.165) is 21.0 Å². The molecule has 3 aromatic rings. The van der Waals surface area contributed by atoms with Crippen LogP contribution in [0, 0.1) is 6.92 Å².